The second-order valence-corrected chi connectivity index (χ2v) is 7.44. The Balaban J connectivity index is 2.32. The van der Waals surface area contributed by atoms with Crippen molar-refractivity contribution in [3.8, 4) is 0 Å². The quantitative estimate of drug-likeness (QED) is 0.844. The minimum absolute atomic E-state index is 0.00262. The lowest BCUT2D eigenvalue weighted by Crippen LogP contribution is -2.71. The Kier molecular flexibility index (Phi) is 4.12. The fourth-order valence-corrected chi connectivity index (χ4v) is 3.68. The summed E-state index contributed by atoms with van der Waals surface area (Å²) in [6, 6.07) is -0.0881. The van der Waals surface area contributed by atoms with Crippen molar-refractivity contribution >= 4 is 11.8 Å². The van der Waals surface area contributed by atoms with E-state index in [9.17, 15) is 9.59 Å². The third kappa shape index (κ3) is 2.70. The van der Waals surface area contributed by atoms with Crippen molar-refractivity contribution in [2.24, 2.45) is 11.8 Å². The van der Waals surface area contributed by atoms with E-state index >= 15 is 0 Å². The zero-order valence-electron chi connectivity index (χ0n) is 13.4. The zero-order valence-corrected chi connectivity index (χ0v) is 13.4. The Bertz CT molecular complexity index is 403. The van der Waals surface area contributed by atoms with E-state index in [1.807, 2.05) is 32.6 Å². The summed E-state index contributed by atoms with van der Waals surface area (Å²) in [5.41, 5.74) is -0.775. The van der Waals surface area contributed by atoms with Crippen LogP contribution in [-0.2, 0) is 9.59 Å². The highest BCUT2D eigenvalue weighted by Crippen LogP contribution is 2.33. The van der Waals surface area contributed by atoms with Crippen LogP contribution in [-0.4, -0.2) is 34.3 Å². The molecule has 4 nitrogen and oxygen atoms in total. The van der Waals surface area contributed by atoms with Gasteiger partial charge in [0.1, 0.15) is 11.6 Å². The molecule has 20 heavy (non-hydrogen) atoms. The zero-order chi connectivity index (χ0) is 15.1. The molecule has 1 aliphatic heterocycles. The van der Waals surface area contributed by atoms with E-state index in [0.29, 0.717) is 5.92 Å². The standard InChI is InChI=1S/C16H28N2O2/c1-10(2)13-14(19)17-16(4,5)15(20)18(13)12-8-6-7-11(3)9-12/h10-13H,6-9H2,1-5H3,(H,17,19). The number of hydrogen-bond donors (Lipinski definition) is 1. The number of rotatable bonds is 2. The first-order valence-corrected chi connectivity index (χ1v) is 7.89. The maximum atomic E-state index is 12.8. The van der Waals surface area contributed by atoms with Crippen LogP contribution in [0.15, 0.2) is 0 Å². The van der Waals surface area contributed by atoms with Crippen LogP contribution in [0.3, 0.4) is 0 Å². The van der Waals surface area contributed by atoms with Gasteiger partial charge in [-0.1, -0.05) is 33.6 Å². The minimum Gasteiger partial charge on any atom is -0.340 e. The molecule has 0 spiro atoms. The molecule has 114 valence electrons. The number of carbonyl (C=O) groups is 2. The number of carbonyl (C=O) groups excluding carboxylic acids is 2. The second-order valence-electron chi connectivity index (χ2n) is 7.44. The van der Waals surface area contributed by atoms with E-state index in [1.54, 1.807) is 0 Å². The summed E-state index contributed by atoms with van der Waals surface area (Å²) in [5, 5.41) is 2.89. The minimum atomic E-state index is -0.775. The third-order valence-electron chi connectivity index (χ3n) is 4.71. The molecular weight excluding hydrogens is 252 g/mol. The van der Waals surface area contributed by atoms with Gasteiger partial charge in [0, 0.05) is 6.04 Å². The van der Waals surface area contributed by atoms with Gasteiger partial charge in [0.15, 0.2) is 0 Å². The van der Waals surface area contributed by atoms with Gasteiger partial charge in [-0.15, -0.1) is 0 Å². The molecule has 0 aromatic heterocycles. The first kappa shape index (κ1) is 15.3. The summed E-state index contributed by atoms with van der Waals surface area (Å²) in [7, 11) is 0. The molecule has 1 saturated heterocycles. The van der Waals surface area contributed by atoms with Crippen LogP contribution in [0.25, 0.3) is 0 Å². The van der Waals surface area contributed by atoms with Gasteiger partial charge in [0.05, 0.1) is 0 Å². The molecule has 1 saturated carbocycles. The highest BCUT2D eigenvalue weighted by atomic mass is 16.2. The highest BCUT2D eigenvalue weighted by Gasteiger charge is 2.49. The number of hydrogen-bond acceptors (Lipinski definition) is 2. The molecule has 0 radical (unpaired) electrons. The molecule has 3 atom stereocenters. The van der Waals surface area contributed by atoms with Crippen molar-refractivity contribution in [1.29, 1.82) is 0 Å². The first-order chi connectivity index (χ1) is 9.24. The van der Waals surface area contributed by atoms with Gasteiger partial charge in [0.25, 0.3) is 0 Å². The van der Waals surface area contributed by atoms with Crippen LogP contribution < -0.4 is 5.32 Å². The molecule has 2 amide bonds. The molecule has 0 bridgehead atoms. The van der Waals surface area contributed by atoms with Gasteiger partial charge < -0.3 is 10.2 Å². The predicted octanol–water partition coefficient (Wildman–Crippen LogP) is 2.33. The molecule has 3 unspecified atom stereocenters. The van der Waals surface area contributed by atoms with Gasteiger partial charge >= 0.3 is 0 Å². The molecule has 2 fully saturated rings. The van der Waals surface area contributed by atoms with Gasteiger partial charge in [-0.25, -0.2) is 0 Å². The van der Waals surface area contributed by atoms with Crippen molar-refractivity contribution in [1.82, 2.24) is 10.2 Å². The predicted molar refractivity (Wildman–Crippen MR) is 79.1 cm³/mol. The van der Waals surface area contributed by atoms with Crippen molar-refractivity contribution in [3.63, 3.8) is 0 Å². The lowest BCUT2D eigenvalue weighted by Gasteiger charge is -2.49. The Morgan fingerprint density at radius 1 is 1.25 bits per heavy atom. The van der Waals surface area contributed by atoms with Gasteiger partial charge in [-0.2, -0.15) is 0 Å². The Morgan fingerprint density at radius 3 is 2.45 bits per heavy atom. The van der Waals surface area contributed by atoms with Crippen molar-refractivity contribution in [3.05, 3.63) is 0 Å². The number of piperazine rings is 1. The Labute approximate surface area is 122 Å². The highest BCUT2D eigenvalue weighted by molar-refractivity contribution is 5.99. The maximum Gasteiger partial charge on any atom is 0.248 e. The fourth-order valence-electron chi connectivity index (χ4n) is 3.68. The van der Waals surface area contributed by atoms with E-state index in [0.717, 1.165) is 19.3 Å². The number of nitrogens with one attached hydrogen (secondary N) is 1. The monoisotopic (exact) mass is 280 g/mol. The number of nitrogens with zero attached hydrogens (tertiary/aromatic N) is 1. The molecule has 0 aromatic carbocycles. The first-order valence-electron chi connectivity index (χ1n) is 7.89. The van der Waals surface area contributed by atoms with Crippen LogP contribution >= 0.6 is 0 Å². The molecule has 1 heterocycles. The molecule has 2 rings (SSSR count). The summed E-state index contributed by atoms with van der Waals surface area (Å²) < 4.78 is 0. The van der Waals surface area contributed by atoms with Crippen LogP contribution in [0.4, 0.5) is 0 Å². The summed E-state index contributed by atoms with van der Waals surface area (Å²) in [5.74, 6) is 0.868. The van der Waals surface area contributed by atoms with Gasteiger partial charge in [-0.3, -0.25) is 9.59 Å². The molecular formula is C16H28N2O2. The Morgan fingerprint density at radius 2 is 1.90 bits per heavy atom. The molecule has 0 aromatic rings. The normalized spacial score (nSPS) is 34.3. The van der Waals surface area contributed by atoms with Gasteiger partial charge in [0.2, 0.25) is 11.8 Å². The maximum absolute atomic E-state index is 12.8. The van der Waals surface area contributed by atoms with Crippen LogP contribution in [0, 0.1) is 11.8 Å². The third-order valence-corrected chi connectivity index (χ3v) is 4.71. The average molecular weight is 280 g/mol. The van der Waals surface area contributed by atoms with E-state index < -0.39 is 5.54 Å². The summed E-state index contributed by atoms with van der Waals surface area (Å²) in [6.45, 7) is 9.91. The van der Waals surface area contributed by atoms with E-state index in [1.165, 1.54) is 6.42 Å². The molecule has 2 aliphatic rings. The largest absolute Gasteiger partial charge is 0.340 e. The lowest BCUT2D eigenvalue weighted by atomic mass is 9.82. The van der Waals surface area contributed by atoms with Crippen LogP contribution in [0.5, 0.6) is 0 Å². The lowest BCUT2D eigenvalue weighted by molar-refractivity contribution is -0.159. The van der Waals surface area contributed by atoms with E-state index in [-0.39, 0.29) is 29.8 Å². The molecule has 4 heteroatoms. The number of amides is 2. The molecule has 1 N–H and O–H groups in total. The van der Waals surface area contributed by atoms with Crippen LogP contribution in [0.1, 0.15) is 60.3 Å². The van der Waals surface area contributed by atoms with Gasteiger partial charge in [-0.05, 0) is 38.5 Å². The van der Waals surface area contributed by atoms with E-state index in [2.05, 4.69) is 12.2 Å². The van der Waals surface area contributed by atoms with Crippen molar-refractivity contribution < 1.29 is 9.59 Å². The average Bonchev–Trinajstić information content (AvgIpc) is 2.32. The smallest absolute Gasteiger partial charge is 0.248 e. The van der Waals surface area contributed by atoms with Crippen molar-refractivity contribution in [2.75, 3.05) is 0 Å². The topological polar surface area (TPSA) is 49.4 Å². The Hall–Kier alpha value is -1.06. The fraction of sp³-hybridized carbons (Fsp3) is 0.875. The SMILES string of the molecule is CC1CCCC(N2C(=O)C(C)(C)NC(=O)C2C(C)C)C1. The summed E-state index contributed by atoms with van der Waals surface area (Å²) in [4.78, 5) is 27.2. The van der Waals surface area contributed by atoms with E-state index in [4.69, 9.17) is 0 Å². The molecule has 1 aliphatic carbocycles. The second kappa shape index (κ2) is 5.38. The summed E-state index contributed by atoms with van der Waals surface area (Å²) >= 11 is 0. The summed E-state index contributed by atoms with van der Waals surface area (Å²) in [6.07, 6.45) is 4.45. The van der Waals surface area contributed by atoms with Crippen molar-refractivity contribution in [2.45, 2.75) is 77.9 Å². The van der Waals surface area contributed by atoms with Crippen LogP contribution in [0.2, 0.25) is 0 Å².